The van der Waals surface area contributed by atoms with Crippen LogP contribution in [0.15, 0.2) is 40.9 Å². The summed E-state index contributed by atoms with van der Waals surface area (Å²) in [7, 11) is 0. The first-order valence-corrected chi connectivity index (χ1v) is 5.24. The van der Waals surface area contributed by atoms with Gasteiger partial charge in [0.25, 0.3) is 5.24 Å². The monoisotopic (exact) mass is 268 g/mol. The van der Waals surface area contributed by atoms with Crippen LogP contribution >= 0.6 is 27.5 Å². The molecule has 0 aliphatic carbocycles. The van der Waals surface area contributed by atoms with Crippen LogP contribution < -0.4 is 0 Å². The number of hydrogen-bond donors (Lipinski definition) is 0. The molecule has 0 fully saturated rings. The van der Waals surface area contributed by atoms with E-state index in [0.29, 0.717) is 5.56 Å². The molecule has 2 aromatic carbocycles. The largest absolute Gasteiger partial charge is 0.276 e. The summed E-state index contributed by atoms with van der Waals surface area (Å²) in [6.45, 7) is 0. The lowest BCUT2D eigenvalue weighted by molar-refractivity contribution is 0.108. The maximum absolute atomic E-state index is 11.2. The van der Waals surface area contributed by atoms with Crippen molar-refractivity contribution < 1.29 is 4.79 Å². The predicted molar refractivity (Wildman–Crippen MR) is 61.8 cm³/mol. The first kappa shape index (κ1) is 9.69. The minimum atomic E-state index is -0.428. The fourth-order valence-electron chi connectivity index (χ4n) is 1.46. The van der Waals surface area contributed by atoms with Crippen LogP contribution in [0, 0.1) is 0 Å². The van der Waals surface area contributed by atoms with E-state index >= 15 is 0 Å². The molecular weight excluding hydrogens is 263 g/mol. The Morgan fingerprint density at radius 2 is 1.79 bits per heavy atom. The molecule has 0 aromatic heterocycles. The standard InChI is InChI=1S/C11H6BrClO/c12-9-6-2-4-7-3-1-5-8(10(7)9)11(13)14/h1-6H. The summed E-state index contributed by atoms with van der Waals surface area (Å²) in [5.74, 6) is 0. The molecule has 0 N–H and O–H groups in total. The van der Waals surface area contributed by atoms with E-state index in [4.69, 9.17) is 11.6 Å². The number of benzene rings is 2. The Balaban J connectivity index is 2.91. The molecule has 0 bridgehead atoms. The van der Waals surface area contributed by atoms with Crippen molar-refractivity contribution in [3.05, 3.63) is 46.4 Å². The maximum Gasteiger partial charge on any atom is 0.253 e. The SMILES string of the molecule is O=C(Cl)c1cccc2cccc(Br)c12. The molecule has 0 amide bonds. The Labute approximate surface area is 94.8 Å². The van der Waals surface area contributed by atoms with Crippen molar-refractivity contribution in [1.82, 2.24) is 0 Å². The summed E-state index contributed by atoms with van der Waals surface area (Å²) in [5, 5.41) is 1.45. The van der Waals surface area contributed by atoms with Crippen LogP contribution in [-0.2, 0) is 0 Å². The predicted octanol–water partition coefficient (Wildman–Crippen LogP) is 3.98. The highest BCUT2D eigenvalue weighted by molar-refractivity contribution is 9.10. The van der Waals surface area contributed by atoms with Crippen molar-refractivity contribution in [1.29, 1.82) is 0 Å². The minimum Gasteiger partial charge on any atom is -0.276 e. The Morgan fingerprint density at radius 3 is 2.43 bits per heavy atom. The number of rotatable bonds is 1. The highest BCUT2D eigenvalue weighted by atomic mass is 79.9. The molecule has 2 aromatic rings. The average Bonchev–Trinajstić information content (AvgIpc) is 2.17. The molecule has 14 heavy (non-hydrogen) atoms. The summed E-state index contributed by atoms with van der Waals surface area (Å²) < 4.78 is 0.889. The van der Waals surface area contributed by atoms with Gasteiger partial charge in [0.05, 0.1) is 0 Å². The summed E-state index contributed by atoms with van der Waals surface area (Å²) >= 11 is 8.90. The van der Waals surface area contributed by atoms with E-state index in [1.807, 2.05) is 30.3 Å². The van der Waals surface area contributed by atoms with Crippen LogP contribution in [-0.4, -0.2) is 5.24 Å². The van der Waals surface area contributed by atoms with Crippen LogP contribution in [0.4, 0.5) is 0 Å². The average molecular weight is 270 g/mol. The zero-order valence-electron chi connectivity index (χ0n) is 7.13. The van der Waals surface area contributed by atoms with Gasteiger partial charge in [0, 0.05) is 15.4 Å². The topological polar surface area (TPSA) is 17.1 Å². The van der Waals surface area contributed by atoms with Gasteiger partial charge in [-0.05, 0) is 29.1 Å². The number of carbonyl (C=O) groups excluding carboxylic acids is 1. The first-order chi connectivity index (χ1) is 6.70. The molecule has 0 saturated carbocycles. The molecule has 0 atom stereocenters. The molecule has 0 spiro atoms. The molecule has 70 valence electrons. The van der Waals surface area contributed by atoms with Gasteiger partial charge in [0.15, 0.2) is 0 Å². The lowest BCUT2D eigenvalue weighted by atomic mass is 10.1. The third kappa shape index (κ3) is 1.56. The van der Waals surface area contributed by atoms with E-state index < -0.39 is 5.24 Å². The molecule has 0 aliphatic heterocycles. The molecule has 0 aliphatic rings. The second kappa shape index (κ2) is 3.71. The first-order valence-electron chi connectivity index (χ1n) is 4.07. The van der Waals surface area contributed by atoms with Crippen molar-refractivity contribution >= 4 is 43.5 Å². The third-order valence-electron chi connectivity index (χ3n) is 2.07. The highest BCUT2D eigenvalue weighted by Gasteiger charge is 2.08. The van der Waals surface area contributed by atoms with Crippen molar-refractivity contribution in [3.8, 4) is 0 Å². The van der Waals surface area contributed by atoms with Gasteiger partial charge in [0.1, 0.15) is 0 Å². The van der Waals surface area contributed by atoms with E-state index in [-0.39, 0.29) is 0 Å². The molecule has 0 saturated heterocycles. The van der Waals surface area contributed by atoms with Crippen LogP contribution in [0.1, 0.15) is 10.4 Å². The van der Waals surface area contributed by atoms with Crippen LogP contribution in [0.3, 0.4) is 0 Å². The highest BCUT2D eigenvalue weighted by Crippen LogP contribution is 2.27. The quantitative estimate of drug-likeness (QED) is 0.716. The summed E-state index contributed by atoms with van der Waals surface area (Å²) in [5.41, 5.74) is 0.539. The Hall–Kier alpha value is -0.860. The van der Waals surface area contributed by atoms with E-state index in [0.717, 1.165) is 15.2 Å². The zero-order chi connectivity index (χ0) is 10.1. The molecule has 0 heterocycles. The molecule has 1 nitrogen and oxygen atoms in total. The molecule has 3 heteroatoms. The van der Waals surface area contributed by atoms with Gasteiger partial charge >= 0.3 is 0 Å². The van der Waals surface area contributed by atoms with Gasteiger partial charge in [-0.25, -0.2) is 0 Å². The van der Waals surface area contributed by atoms with Crippen molar-refractivity contribution in [3.63, 3.8) is 0 Å². The fraction of sp³-hybridized carbons (Fsp3) is 0. The van der Waals surface area contributed by atoms with Gasteiger partial charge < -0.3 is 0 Å². The smallest absolute Gasteiger partial charge is 0.253 e. The molecule has 2 rings (SSSR count). The maximum atomic E-state index is 11.2. The normalized spacial score (nSPS) is 10.4. The van der Waals surface area contributed by atoms with E-state index in [9.17, 15) is 4.79 Å². The minimum absolute atomic E-state index is 0.428. The Kier molecular flexibility index (Phi) is 2.57. The number of carbonyl (C=O) groups is 1. The molecule has 0 unspecified atom stereocenters. The van der Waals surface area contributed by atoms with Gasteiger partial charge in [-0.3, -0.25) is 4.79 Å². The van der Waals surface area contributed by atoms with Crippen molar-refractivity contribution in [2.75, 3.05) is 0 Å². The zero-order valence-corrected chi connectivity index (χ0v) is 9.47. The lowest BCUT2D eigenvalue weighted by Crippen LogP contribution is -1.90. The van der Waals surface area contributed by atoms with E-state index in [2.05, 4.69) is 15.9 Å². The fourth-order valence-corrected chi connectivity index (χ4v) is 2.21. The Bertz CT molecular complexity index is 502. The third-order valence-corrected chi connectivity index (χ3v) is 2.93. The molecule has 0 radical (unpaired) electrons. The van der Waals surface area contributed by atoms with Crippen LogP contribution in [0.5, 0.6) is 0 Å². The number of halogens is 2. The summed E-state index contributed by atoms with van der Waals surface area (Å²) in [6.07, 6.45) is 0. The lowest BCUT2D eigenvalue weighted by Gasteiger charge is -2.03. The molecular formula is C11H6BrClO. The van der Waals surface area contributed by atoms with Crippen LogP contribution in [0.25, 0.3) is 10.8 Å². The van der Waals surface area contributed by atoms with E-state index in [1.165, 1.54) is 0 Å². The second-order valence-corrected chi connectivity index (χ2v) is 4.11. The Morgan fingerprint density at radius 1 is 1.14 bits per heavy atom. The van der Waals surface area contributed by atoms with Crippen molar-refractivity contribution in [2.45, 2.75) is 0 Å². The van der Waals surface area contributed by atoms with Gasteiger partial charge in [-0.1, -0.05) is 40.2 Å². The second-order valence-electron chi connectivity index (χ2n) is 2.92. The van der Waals surface area contributed by atoms with E-state index in [1.54, 1.807) is 6.07 Å². The van der Waals surface area contributed by atoms with Gasteiger partial charge in [-0.2, -0.15) is 0 Å². The van der Waals surface area contributed by atoms with Gasteiger partial charge in [-0.15, -0.1) is 0 Å². The summed E-state index contributed by atoms with van der Waals surface area (Å²) in [4.78, 5) is 11.2. The van der Waals surface area contributed by atoms with Crippen molar-refractivity contribution in [2.24, 2.45) is 0 Å². The van der Waals surface area contributed by atoms with Gasteiger partial charge in [0.2, 0.25) is 0 Å². The summed E-state index contributed by atoms with van der Waals surface area (Å²) in [6, 6.07) is 11.3. The number of fused-ring (bicyclic) bond motifs is 1. The number of hydrogen-bond acceptors (Lipinski definition) is 1. The van der Waals surface area contributed by atoms with Crippen LogP contribution in [0.2, 0.25) is 0 Å².